The number of amides is 1. The Morgan fingerprint density at radius 2 is 2.14 bits per heavy atom. The van der Waals surface area contributed by atoms with Gasteiger partial charge >= 0.3 is 0 Å². The maximum Gasteiger partial charge on any atom is 0.223 e. The molecule has 0 saturated carbocycles. The maximum atomic E-state index is 11.8. The molecule has 1 unspecified atom stereocenters. The molecule has 1 atom stereocenters. The Balaban J connectivity index is 1.69. The minimum absolute atomic E-state index is 0.292. The number of benzene rings is 1. The first kappa shape index (κ1) is 12.4. The van der Waals surface area contributed by atoms with Crippen molar-refractivity contribution in [2.75, 3.05) is 30.3 Å². The summed E-state index contributed by atoms with van der Waals surface area (Å²) in [6, 6.07) is 6.05. The predicted molar refractivity (Wildman–Crippen MR) is 80.9 cm³/mol. The van der Waals surface area contributed by atoms with Gasteiger partial charge in [-0.05, 0) is 24.6 Å². The Kier molecular flexibility index (Phi) is 2.70. The Bertz CT molecular complexity index is 716. The van der Waals surface area contributed by atoms with Gasteiger partial charge in [0.15, 0.2) is 0 Å². The number of hydrogen-bond donors (Lipinski definition) is 1. The van der Waals surface area contributed by atoms with Crippen molar-refractivity contribution in [2.24, 2.45) is 0 Å². The van der Waals surface area contributed by atoms with E-state index in [0.717, 1.165) is 42.8 Å². The van der Waals surface area contributed by atoms with Crippen LogP contribution in [-0.2, 0) is 4.79 Å². The summed E-state index contributed by atoms with van der Waals surface area (Å²) in [6.45, 7) is 2.45. The zero-order valence-corrected chi connectivity index (χ0v) is 11.7. The third-order valence-electron chi connectivity index (χ3n) is 4.43. The lowest BCUT2D eigenvalue weighted by molar-refractivity contribution is -0.129. The number of anilines is 2. The number of carbonyl (C=O) groups is 1. The molecule has 0 spiro atoms. The van der Waals surface area contributed by atoms with Crippen molar-refractivity contribution in [3.63, 3.8) is 0 Å². The second-order valence-electron chi connectivity index (χ2n) is 5.70. The Morgan fingerprint density at radius 1 is 1.24 bits per heavy atom. The van der Waals surface area contributed by atoms with Gasteiger partial charge in [0.25, 0.3) is 0 Å². The average Bonchev–Trinajstić information content (AvgIpc) is 2.87. The Labute approximate surface area is 122 Å². The summed E-state index contributed by atoms with van der Waals surface area (Å²) in [5.74, 6) is 1.24. The number of nitrogens with zero attached hydrogens (tertiary/aromatic N) is 4. The van der Waals surface area contributed by atoms with Crippen LogP contribution in [0.15, 0.2) is 24.5 Å². The van der Waals surface area contributed by atoms with Gasteiger partial charge in [0.1, 0.15) is 12.1 Å². The Morgan fingerprint density at radius 3 is 3.05 bits per heavy atom. The SMILES string of the molecule is Nc1ccc2c(N3CCN4C(=O)CCC4C3)ncnc2c1. The number of rotatable bonds is 1. The topological polar surface area (TPSA) is 75.3 Å². The van der Waals surface area contributed by atoms with Crippen LogP contribution in [0.1, 0.15) is 12.8 Å². The monoisotopic (exact) mass is 283 g/mol. The molecule has 6 nitrogen and oxygen atoms in total. The molecule has 1 amide bonds. The van der Waals surface area contributed by atoms with Crippen LogP contribution in [0.25, 0.3) is 10.9 Å². The summed E-state index contributed by atoms with van der Waals surface area (Å²) < 4.78 is 0. The number of nitrogen functional groups attached to an aromatic ring is 1. The van der Waals surface area contributed by atoms with E-state index in [4.69, 9.17) is 5.73 Å². The van der Waals surface area contributed by atoms with E-state index in [0.29, 0.717) is 24.1 Å². The fraction of sp³-hybridized carbons (Fsp3) is 0.400. The Hall–Kier alpha value is -2.37. The third-order valence-corrected chi connectivity index (χ3v) is 4.43. The predicted octanol–water partition coefficient (Wildman–Crippen LogP) is 1.02. The van der Waals surface area contributed by atoms with Gasteiger partial charge in [0.2, 0.25) is 5.91 Å². The van der Waals surface area contributed by atoms with Gasteiger partial charge in [-0.15, -0.1) is 0 Å². The van der Waals surface area contributed by atoms with E-state index in [1.54, 1.807) is 6.33 Å². The molecule has 2 fully saturated rings. The van der Waals surface area contributed by atoms with Crippen LogP contribution in [0, 0.1) is 0 Å². The van der Waals surface area contributed by atoms with Gasteiger partial charge in [-0.1, -0.05) is 0 Å². The molecule has 2 aromatic rings. The first-order valence-electron chi connectivity index (χ1n) is 7.27. The second-order valence-corrected chi connectivity index (χ2v) is 5.70. The molecule has 108 valence electrons. The largest absolute Gasteiger partial charge is 0.399 e. The van der Waals surface area contributed by atoms with Gasteiger partial charge in [0.05, 0.1) is 5.52 Å². The molecule has 2 aliphatic heterocycles. The lowest BCUT2D eigenvalue weighted by Gasteiger charge is -2.38. The summed E-state index contributed by atoms with van der Waals surface area (Å²) in [4.78, 5) is 24.8. The van der Waals surface area contributed by atoms with Crippen molar-refractivity contribution >= 4 is 28.3 Å². The van der Waals surface area contributed by atoms with Crippen molar-refractivity contribution in [3.05, 3.63) is 24.5 Å². The zero-order chi connectivity index (χ0) is 14.4. The highest BCUT2D eigenvalue weighted by molar-refractivity contribution is 5.91. The molecular formula is C15H17N5O. The maximum absolute atomic E-state index is 11.8. The van der Waals surface area contributed by atoms with Gasteiger partial charge in [-0.25, -0.2) is 9.97 Å². The van der Waals surface area contributed by atoms with Crippen LogP contribution in [0.4, 0.5) is 11.5 Å². The first-order valence-corrected chi connectivity index (χ1v) is 7.27. The standard InChI is InChI=1S/C15H17N5O/c16-10-1-3-12-13(7-10)17-9-18-15(12)19-5-6-20-11(8-19)2-4-14(20)21/h1,3,7,9,11H,2,4-6,8,16H2. The van der Waals surface area contributed by atoms with Crippen LogP contribution in [0.5, 0.6) is 0 Å². The lowest BCUT2D eigenvalue weighted by Crippen LogP contribution is -2.51. The van der Waals surface area contributed by atoms with Crippen molar-refractivity contribution < 1.29 is 4.79 Å². The lowest BCUT2D eigenvalue weighted by atomic mass is 10.1. The minimum Gasteiger partial charge on any atom is -0.399 e. The summed E-state index contributed by atoms with van der Waals surface area (Å²) in [5.41, 5.74) is 7.39. The molecule has 0 bridgehead atoms. The summed E-state index contributed by atoms with van der Waals surface area (Å²) in [7, 11) is 0. The van der Waals surface area contributed by atoms with E-state index in [-0.39, 0.29) is 0 Å². The number of carbonyl (C=O) groups excluding carboxylic acids is 1. The fourth-order valence-corrected chi connectivity index (χ4v) is 3.37. The van der Waals surface area contributed by atoms with Gasteiger partial charge in [0, 0.05) is 43.2 Å². The van der Waals surface area contributed by atoms with Crippen molar-refractivity contribution in [1.82, 2.24) is 14.9 Å². The van der Waals surface area contributed by atoms with E-state index < -0.39 is 0 Å². The molecule has 0 aliphatic carbocycles. The van der Waals surface area contributed by atoms with Crippen LogP contribution in [-0.4, -0.2) is 46.5 Å². The molecule has 2 N–H and O–H groups in total. The molecule has 6 heteroatoms. The van der Waals surface area contributed by atoms with Crippen molar-refractivity contribution in [1.29, 1.82) is 0 Å². The van der Waals surface area contributed by atoms with Gasteiger partial charge in [-0.2, -0.15) is 0 Å². The van der Waals surface area contributed by atoms with E-state index in [1.807, 2.05) is 23.1 Å². The summed E-state index contributed by atoms with van der Waals surface area (Å²) in [5, 5.41) is 1.02. The smallest absolute Gasteiger partial charge is 0.223 e. The fourth-order valence-electron chi connectivity index (χ4n) is 3.37. The van der Waals surface area contributed by atoms with E-state index in [9.17, 15) is 4.79 Å². The molecule has 4 rings (SSSR count). The molecule has 1 aromatic carbocycles. The van der Waals surface area contributed by atoms with Crippen LogP contribution in [0.3, 0.4) is 0 Å². The van der Waals surface area contributed by atoms with Crippen LogP contribution < -0.4 is 10.6 Å². The number of fused-ring (bicyclic) bond motifs is 2. The quantitative estimate of drug-likeness (QED) is 0.791. The molecule has 2 aliphatic rings. The molecule has 21 heavy (non-hydrogen) atoms. The third kappa shape index (κ3) is 1.98. The normalized spacial score (nSPS) is 21.9. The van der Waals surface area contributed by atoms with Crippen LogP contribution >= 0.6 is 0 Å². The van der Waals surface area contributed by atoms with Crippen molar-refractivity contribution in [2.45, 2.75) is 18.9 Å². The minimum atomic E-state index is 0.292. The van der Waals surface area contributed by atoms with E-state index in [2.05, 4.69) is 14.9 Å². The van der Waals surface area contributed by atoms with Crippen LogP contribution in [0.2, 0.25) is 0 Å². The van der Waals surface area contributed by atoms with Gasteiger partial charge < -0.3 is 15.5 Å². The highest BCUT2D eigenvalue weighted by atomic mass is 16.2. The summed E-state index contributed by atoms with van der Waals surface area (Å²) in [6.07, 6.45) is 3.22. The number of aromatic nitrogens is 2. The number of piperazine rings is 1. The number of hydrogen-bond acceptors (Lipinski definition) is 5. The molecular weight excluding hydrogens is 266 g/mol. The molecule has 0 radical (unpaired) electrons. The molecule has 1 aromatic heterocycles. The van der Waals surface area contributed by atoms with Gasteiger partial charge in [-0.3, -0.25) is 4.79 Å². The van der Waals surface area contributed by atoms with E-state index in [1.165, 1.54) is 0 Å². The zero-order valence-electron chi connectivity index (χ0n) is 11.7. The highest BCUT2D eigenvalue weighted by Crippen LogP contribution is 2.29. The molecule has 2 saturated heterocycles. The first-order chi connectivity index (χ1) is 10.2. The number of nitrogens with two attached hydrogens (primary N) is 1. The summed E-state index contributed by atoms with van der Waals surface area (Å²) >= 11 is 0. The van der Waals surface area contributed by atoms with Crippen molar-refractivity contribution in [3.8, 4) is 0 Å². The van der Waals surface area contributed by atoms with E-state index >= 15 is 0 Å². The second kappa shape index (κ2) is 4.58. The average molecular weight is 283 g/mol. The molecule has 3 heterocycles. The highest BCUT2D eigenvalue weighted by Gasteiger charge is 2.36.